The van der Waals surface area contributed by atoms with E-state index in [2.05, 4.69) is 20.4 Å². The van der Waals surface area contributed by atoms with Gasteiger partial charge in [0.15, 0.2) is 0 Å². The molecule has 0 atom stereocenters. The molecule has 0 unspecified atom stereocenters. The number of hydrogen-bond donors (Lipinski definition) is 2. The van der Waals surface area contributed by atoms with Crippen LogP contribution in [0.4, 0.5) is 18.9 Å². The van der Waals surface area contributed by atoms with Crippen LogP contribution in [0.5, 0.6) is 5.75 Å². The number of halogens is 3. The molecule has 3 rings (SSSR count). The number of alkyl halides is 3. The lowest BCUT2D eigenvalue weighted by Gasteiger charge is -2.21. The van der Waals surface area contributed by atoms with Crippen LogP contribution >= 0.6 is 0 Å². The molecule has 0 saturated carbocycles. The molecule has 10 heteroatoms. The molecule has 0 spiro atoms. The normalized spacial score (nSPS) is 11.9. The van der Waals surface area contributed by atoms with Crippen LogP contribution in [0.2, 0.25) is 0 Å². The number of para-hydroxylation sites is 2. The summed E-state index contributed by atoms with van der Waals surface area (Å²) >= 11 is 0. The number of anilines is 1. The second-order valence-electron chi connectivity index (χ2n) is 6.72. The summed E-state index contributed by atoms with van der Waals surface area (Å²) in [4.78, 5) is 17.9. The maximum Gasteiger partial charge on any atom is 0.449 e. The molecule has 1 amide bonds. The highest BCUT2D eigenvalue weighted by molar-refractivity contribution is 5.86. The fourth-order valence-corrected chi connectivity index (χ4v) is 3.23. The molecule has 0 bridgehead atoms. The molecule has 0 aliphatic heterocycles. The van der Waals surface area contributed by atoms with Crippen LogP contribution in [0, 0.1) is 0 Å². The SMILES string of the molecule is CCN(CC)c1ccc(C=NNC(=O)Cn2c(C(F)(F)F)nc3ccccc32)c(O)c1. The number of amides is 1. The molecule has 0 saturated heterocycles. The number of aromatic hydroxyl groups is 1. The molecule has 164 valence electrons. The van der Waals surface area contributed by atoms with Gasteiger partial charge in [-0.2, -0.15) is 18.3 Å². The lowest BCUT2D eigenvalue weighted by Crippen LogP contribution is -2.26. The molecule has 0 fully saturated rings. The average Bonchev–Trinajstić information content (AvgIpc) is 3.09. The van der Waals surface area contributed by atoms with Crippen molar-refractivity contribution in [2.75, 3.05) is 18.0 Å². The molecule has 0 aliphatic rings. The minimum atomic E-state index is -4.71. The molecule has 0 radical (unpaired) electrons. The number of rotatable bonds is 7. The Labute approximate surface area is 176 Å². The minimum Gasteiger partial charge on any atom is -0.507 e. The Bertz CT molecular complexity index is 1100. The first-order valence-corrected chi connectivity index (χ1v) is 9.67. The molecule has 1 aromatic heterocycles. The topological polar surface area (TPSA) is 82.8 Å². The van der Waals surface area contributed by atoms with E-state index >= 15 is 0 Å². The van der Waals surface area contributed by atoms with Crippen molar-refractivity contribution in [1.29, 1.82) is 0 Å². The molecule has 1 heterocycles. The third-order valence-electron chi connectivity index (χ3n) is 4.75. The van der Waals surface area contributed by atoms with E-state index in [1.54, 1.807) is 24.3 Å². The number of aromatic nitrogens is 2. The predicted octanol–water partition coefficient (Wildman–Crippen LogP) is 3.76. The fourth-order valence-electron chi connectivity index (χ4n) is 3.23. The Balaban J connectivity index is 1.73. The molecule has 31 heavy (non-hydrogen) atoms. The van der Waals surface area contributed by atoms with Crippen molar-refractivity contribution in [3.8, 4) is 5.75 Å². The van der Waals surface area contributed by atoms with E-state index in [0.29, 0.717) is 5.56 Å². The summed E-state index contributed by atoms with van der Waals surface area (Å²) in [7, 11) is 0. The highest BCUT2D eigenvalue weighted by Crippen LogP contribution is 2.31. The van der Waals surface area contributed by atoms with Crippen molar-refractivity contribution < 1.29 is 23.1 Å². The van der Waals surface area contributed by atoms with E-state index in [4.69, 9.17) is 0 Å². The van der Waals surface area contributed by atoms with Gasteiger partial charge in [0, 0.05) is 30.4 Å². The van der Waals surface area contributed by atoms with Gasteiger partial charge in [0.05, 0.1) is 17.2 Å². The monoisotopic (exact) mass is 433 g/mol. The second kappa shape index (κ2) is 9.07. The summed E-state index contributed by atoms with van der Waals surface area (Å²) in [6, 6.07) is 11.1. The van der Waals surface area contributed by atoms with E-state index in [1.165, 1.54) is 18.3 Å². The number of carbonyl (C=O) groups is 1. The van der Waals surface area contributed by atoms with Gasteiger partial charge < -0.3 is 14.6 Å². The van der Waals surface area contributed by atoms with Crippen molar-refractivity contribution in [3.05, 3.63) is 53.9 Å². The van der Waals surface area contributed by atoms with Crippen LogP contribution in [0.3, 0.4) is 0 Å². The van der Waals surface area contributed by atoms with Crippen LogP contribution in [0.1, 0.15) is 25.2 Å². The van der Waals surface area contributed by atoms with E-state index in [9.17, 15) is 23.1 Å². The van der Waals surface area contributed by atoms with Crippen molar-refractivity contribution in [1.82, 2.24) is 15.0 Å². The summed E-state index contributed by atoms with van der Waals surface area (Å²) in [6.07, 6.45) is -3.48. The molecular weight excluding hydrogens is 411 g/mol. The highest BCUT2D eigenvalue weighted by atomic mass is 19.4. The Morgan fingerprint density at radius 2 is 1.94 bits per heavy atom. The Kier molecular flexibility index (Phi) is 6.47. The van der Waals surface area contributed by atoms with Crippen LogP contribution < -0.4 is 10.3 Å². The van der Waals surface area contributed by atoms with Gasteiger partial charge in [0.25, 0.3) is 5.91 Å². The molecule has 7 nitrogen and oxygen atoms in total. The van der Waals surface area contributed by atoms with E-state index in [1.807, 2.05) is 19.9 Å². The van der Waals surface area contributed by atoms with Crippen LogP contribution in [-0.2, 0) is 17.5 Å². The number of imidazole rings is 1. The average molecular weight is 433 g/mol. The van der Waals surface area contributed by atoms with Gasteiger partial charge in [-0.05, 0) is 38.1 Å². The molecule has 2 aromatic carbocycles. The van der Waals surface area contributed by atoms with E-state index in [0.717, 1.165) is 23.3 Å². The highest BCUT2D eigenvalue weighted by Gasteiger charge is 2.37. The summed E-state index contributed by atoms with van der Waals surface area (Å²) in [6.45, 7) is 4.95. The summed E-state index contributed by atoms with van der Waals surface area (Å²) in [5.74, 6) is -1.94. The van der Waals surface area contributed by atoms with Crippen molar-refractivity contribution in [2.45, 2.75) is 26.6 Å². The third-order valence-corrected chi connectivity index (χ3v) is 4.75. The van der Waals surface area contributed by atoms with Gasteiger partial charge in [-0.25, -0.2) is 10.4 Å². The zero-order chi connectivity index (χ0) is 22.6. The van der Waals surface area contributed by atoms with Crippen LogP contribution in [0.25, 0.3) is 11.0 Å². The van der Waals surface area contributed by atoms with Crippen LogP contribution in [0.15, 0.2) is 47.6 Å². The number of phenolic OH excluding ortho intramolecular Hbond substituents is 1. The van der Waals surface area contributed by atoms with Crippen molar-refractivity contribution in [2.24, 2.45) is 5.10 Å². The first kappa shape index (κ1) is 22.1. The van der Waals surface area contributed by atoms with Gasteiger partial charge >= 0.3 is 6.18 Å². The Morgan fingerprint density at radius 1 is 1.23 bits per heavy atom. The Morgan fingerprint density at radius 3 is 2.58 bits per heavy atom. The predicted molar refractivity (Wildman–Crippen MR) is 112 cm³/mol. The maximum absolute atomic E-state index is 13.3. The van der Waals surface area contributed by atoms with E-state index < -0.39 is 24.5 Å². The van der Waals surface area contributed by atoms with Gasteiger partial charge in [0.1, 0.15) is 12.3 Å². The fraction of sp³-hybridized carbons (Fsp3) is 0.286. The van der Waals surface area contributed by atoms with Crippen LogP contribution in [-0.4, -0.2) is 39.9 Å². The largest absolute Gasteiger partial charge is 0.507 e. The number of hydrazone groups is 1. The first-order chi connectivity index (χ1) is 14.7. The van der Waals surface area contributed by atoms with Gasteiger partial charge in [-0.15, -0.1) is 0 Å². The van der Waals surface area contributed by atoms with Gasteiger partial charge in [-0.3, -0.25) is 4.79 Å². The smallest absolute Gasteiger partial charge is 0.449 e. The first-order valence-electron chi connectivity index (χ1n) is 9.67. The zero-order valence-electron chi connectivity index (χ0n) is 17.0. The van der Waals surface area contributed by atoms with Crippen molar-refractivity contribution >= 4 is 28.8 Å². The quantitative estimate of drug-likeness (QED) is 0.439. The molecule has 3 aromatic rings. The number of carbonyl (C=O) groups excluding carboxylic acids is 1. The number of nitrogens with zero attached hydrogens (tertiary/aromatic N) is 4. The zero-order valence-corrected chi connectivity index (χ0v) is 17.0. The van der Waals surface area contributed by atoms with E-state index in [-0.39, 0.29) is 16.8 Å². The number of hydrogen-bond acceptors (Lipinski definition) is 5. The lowest BCUT2D eigenvalue weighted by atomic mass is 10.2. The third kappa shape index (κ3) is 4.96. The maximum atomic E-state index is 13.3. The summed E-state index contributed by atoms with van der Waals surface area (Å²) in [5, 5.41) is 13.9. The summed E-state index contributed by atoms with van der Waals surface area (Å²) < 4.78 is 40.8. The minimum absolute atomic E-state index is 0.0256. The standard InChI is InChI=1S/C21H22F3N5O2/c1-3-28(4-2)15-10-9-14(18(30)11-15)12-25-27-19(31)13-29-17-8-6-5-7-16(17)26-20(29)21(22,23)24/h5-12,30H,3-4,13H2,1-2H3,(H,27,31). The molecular formula is C21H22F3N5O2. The molecule has 0 aliphatic carbocycles. The molecule has 2 N–H and O–H groups in total. The number of fused-ring (bicyclic) bond motifs is 1. The lowest BCUT2D eigenvalue weighted by molar-refractivity contribution is -0.147. The number of phenols is 1. The van der Waals surface area contributed by atoms with Gasteiger partial charge in [-0.1, -0.05) is 12.1 Å². The second-order valence-corrected chi connectivity index (χ2v) is 6.72. The van der Waals surface area contributed by atoms with Gasteiger partial charge in [0.2, 0.25) is 5.82 Å². The van der Waals surface area contributed by atoms with Crippen molar-refractivity contribution in [3.63, 3.8) is 0 Å². The summed E-state index contributed by atoms with van der Waals surface area (Å²) in [5.41, 5.74) is 3.73. The number of nitrogens with one attached hydrogen (secondary N) is 1. The number of benzene rings is 2. The Hall–Kier alpha value is -3.56.